The molecule has 2 rings (SSSR count). The van der Waals surface area contributed by atoms with Crippen molar-refractivity contribution < 1.29 is 29.1 Å². The van der Waals surface area contributed by atoms with Crippen LogP contribution < -0.4 is 33.2 Å². The Morgan fingerprint density at radius 3 is 2.27 bits per heavy atom. The van der Waals surface area contributed by atoms with E-state index < -0.39 is 60.2 Å². The summed E-state index contributed by atoms with van der Waals surface area (Å²) in [6.07, 6.45) is 3.17. The number of unbranched alkanes of at least 4 members (excludes halogenated alkanes) is 1. The minimum absolute atomic E-state index is 0.166. The third kappa shape index (κ3) is 9.35. The van der Waals surface area contributed by atoms with Crippen LogP contribution in [0.2, 0.25) is 0 Å². The van der Waals surface area contributed by atoms with Crippen LogP contribution in [0, 0.1) is 5.92 Å². The number of fused-ring (bicyclic) bond motifs is 1. The van der Waals surface area contributed by atoms with Crippen LogP contribution in [0.25, 0.3) is 10.9 Å². The van der Waals surface area contributed by atoms with Crippen LogP contribution >= 0.6 is 0 Å². The maximum Gasteiger partial charge on any atom is 0.326 e. The van der Waals surface area contributed by atoms with E-state index in [9.17, 15) is 29.1 Å². The largest absolute Gasteiger partial charge is 0.480 e. The van der Waals surface area contributed by atoms with Crippen LogP contribution in [0.5, 0.6) is 0 Å². The van der Waals surface area contributed by atoms with E-state index in [1.54, 1.807) is 13.1 Å². The van der Waals surface area contributed by atoms with Crippen LogP contribution in [0.4, 0.5) is 0 Å². The van der Waals surface area contributed by atoms with Gasteiger partial charge in [0.2, 0.25) is 23.6 Å². The SMILES string of the molecule is CCC(C)C(NC(=O)C(N)Cc1c[nH]c2ccccc12)C(=O)NC(CCCCN)C(=O)NC(CC(N)=O)C(=O)O. The molecule has 0 saturated carbocycles. The van der Waals surface area contributed by atoms with Gasteiger partial charge in [-0.2, -0.15) is 0 Å². The molecule has 13 nitrogen and oxygen atoms in total. The minimum Gasteiger partial charge on any atom is -0.480 e. The molecule has 0 saturated heterocycles. The Morgan fingerprint density at radius 1 is 0.975 bits per heavy atom. The number of carbonyl (C=O) groups excluding carboxylic acids is 4. The maximum atomic E-state index is 13.4. The van der Waals surface area contributed by atoms with Crippen LogP contribution in [0.3, 0.4) is 0 Å². The first-order chi connectivity index (χ1) is 19.0. The number of aliphatic carboxylic acids is 1. The van der Waals surface area contributed by atoms with Crippen molar-refractivity contribution in [3.8, 4) is 0 Å². The van der Waals surface area contributed by atoms with Gasteiger partial charge in [-0.15, -0.1) is 0 Å². The van der Waals surface area contributed by atoms with Crippen LogP contribution in [-0.2, 0) is 30.4 Å². The van der Waals surface area contributed by atoms with Crippen molar-refractivity contribution in [3.63, 3.8) is 0 Å². The summed E-state index contributed by atoms with van der Waals surface area (Å²) in [6.45, 7) is 4.00. The first-order valence-corrected chi connectivity index (χ1v) is 13.4. The van der Waals surface area contributed by atoms with Crippen LogP contribution in [-0.4, -0.2) is 70.4 Å². The Hall–Kier alpha value is -3.97. The van der Waals surface area contributed by atoms with E-state index in [0.29, 0.717) is 25.8 Å². The summed E-state index contributed by atoms with van der Waals surface area (Å²) in [7, 11) is 0. The van der Waals surface area contributed by atoms with Gasteiger partial charge in [0.1, 0.15) is 18.1 Å². The van der Waals surface area contributed by atoms with Crippen molar-refractivity contribution in [2.24, 2.45) is 23.1 Å². The number of aromatic amines is 1. The van der Waals surface area contributed by atoms with Crippen molar-refractivity contribution in [1.82, 2.24) is 20.9 Å². The van der Waals surface area contributed by atoms with E-state index >= 15 is 0 Å². The van der Waals surface area contributed by atoms with Gasteiger partial charge in [-0.05, 0) is 49.8 Å². The number of para-hydroxylation sites is 1. The molecule has 0 aliphatic rings. The molecule has 40 heavy (non-hydrogen) atoms. The molecule has 1 aromatic heterocycles. The van der Waals surface area contributed by atoms with Crippen molar-refractivity contribution in [1.29, 1.82) is 0 Å². The number of amides is 4. The molecule has 2 aromatic rings. The number of nitrogens with two attached hydrogens (primary N) is 3. The summed E-state index contributed by atoms with van der Waals surface area (Å²) < 4.78 is 0. The third-order valence-corrected chi connectivity index (χ3v) is 6.84. The molecule has 11 N–H and O–H groups in total. The molecule has 0 radical (unpaired) electrons. The van der Waals surface area contributed by atoms with Crippen LogP contribution in [0.1, 0.15) is 51.5 Å². The highest BCUT2D eigenvalue weighted by atomic mass is 16.4. The summed E-state index contributed by atoms with van der Waals surface area (Å²) >= 11 is 0. The van der Waals surface area contributed by atoms with Gasteiger partial charge >= 0.3 is 5.97 Å². The molecule has 0 aliphatic carbocycles. The quantitative estimate of drug-likeness (QED) is 0.119. The number of aromatic nitrogens is 1. The molecular weight excluding hydrogens is 518 g/mol. The van der Waals surface area contributed by atoms with Gasteiger partial charge in [-0.3, -0.25) is 19.2 Å². The average molecular weight is 560 g/mol. The Bertz CT molecular complexity index is 1180. The second-order valence-electron chi connectivity index (χ2n) is 9.96. The Kier molecular flexibility index (Phi) is 12.6. The summed E-state index contributed by atoms with van der Waals surface area (Å²) in [5.41, 5.74) is 18.7. The standard InChI is InChI=1S/C27H41N7O6/c1-3-15(2)23(34-24(36)18(29)12-16-14-31-19-9-5-4-8-17(16)19)26(38)32-20(10-6-7-11-28)25(37)33-21(27(39)40)13-22(30)35/h4-5,8-9,14-15,18,20-21,23,31H,3,6-7,10-13,28-29H2,1-2H3,(H2,30,35)(H,32,38)(H,33,37)(H,34,36)(H,39,40). The summed E-state index contributed by atoms with van der Waals surface area (Å²) in [5.74, 6) is -4.57. The van der Waals surface area contributed by atoms with E-state index in [4.69, 9.17) is 17.2 Å². The normalized spacial score (nSPS) is 14.9. The van der Waals surface area contributed by atoms with Gasteiger partial charge in [-0.25, -0.2) is 4.79 Å². The number of carbonyl (C=O) groups is 5. The average Bonchev–Trinajstić information content (AvgIpc) is 3.32. The number of hydrogen-bond donors (Lipinski definition) is 8. The number of hydrogen-bond acceptors (Lipinski definition) is 7. The molecule has 1 aromatic carbocycles. The van der Waals surface area contributed by atoms with Gasteiger partial charge in [0, 0.05) is 17.1 Å². The topological polar surface area (TPSA) is 236 Å². The predicted molar refractivity (Wildman–Crippen MR) is 150 cm³/mol. The third-order valence-electron chi connectivity index (χ3n) is 6.84. The lowest BCUT2D eigenvalue weighted by molar-refractivity contribution is -0.143. The lowest BCUT2D eigenvalue weighted by Gasteiger charge is -2.28. The lowest BCUT2D eigenvalue weighted by atomic mass is 9.96. The van der Waals surface area contributed by atoms with Gasteiger partial charge < -0.3 is 43.2 Å². The molecule has 5 atom stereocenters. The second kappa shape index (κ2) is 15.6. The number of nitrogens with one attached hydrogen (secondary N) is 4. The Labute approximate surface area is 233 Å². The summed E-state index contributed by atoms with van der Waals surface area (Å²) in [5, 5.41) is 17.9. The van der Waals surface area contributed by atoms with E-state index in [2.05, 4.69) is 20.9 Å². The highest BCUT2D eigenvalue weighted by Gasteiger charge is 2.32. The molecule has 220 valence electrons. The molecule has 0 fully saturated rings. The van der Waals surface area contributed by atoms with Crippen molar-refractivity contribution in [2.45, 2.75) is 76.5 Å². The highest BCUT2D eigenvalue weighted by Crippen LogP contribution is 2.19. The van der Waals surface area contributed by atoms with Gasteiger partial charge in [-0.1, -0.05) is 38.5 Å². The predicted octanol–water partition coefficient (Wildman–Crippen LogP) is -0.373. The molecule has 13 heteroatoms. The van der Waals surface area contributed by atoms with E-state index in [-0.39, 0.29) is 18.8 Å². The summed E-state index contributed by atoms with van der Waals surface area (Å²) in [6, 6.07) is 3.01. The Morgan fingerprint density at radius 2 is 1.65 bits per heavy atom. The minimum atomic E-state index is -1.55. The zero-order valence-electron chi connectivity index (χ0n) is 22.9. The monoisotopic (exact) mass is 559 g/mol. The Balaban J connectivity index is 2.15. The van der Waals surface area contributed by atoms with Crippen molar-refractivity contribution in [2.75, 3.05) is 6.54 Å². The number of H-pyrrole nitrogens is 1. The highest BCUT2D eigenvalue weighted by molar-refractivity contribution is 5.95. The first kappa shape index (κ1) is 32.2. The number of primary amides is 1. The van der Waals surface area contributed by atoms with Crippen LogP contribution in [0.15, 0.2) is 30.5 Å². The zero-order valence-corrected chi connectivity index (χ0v) is 22.9. The van der Waals surface area contributed by atoms with Crippen molar-refractivity contribution in [3.05, 3.63) is 36.0 Å². The molecule has 0 spiro atoms. The second-order valence-corrected chi connectivity index (χ2v) is 9.96. The number of carboxylic acid groups (broad SMARTS) is 1. The molecule has 0 aliphatic heterocycles. The van der Waals surface area contributed by atoms with Gasteiger partial charge in [0.05, 0.1) is 12.5 Å². The molecule has 4 amide bonds. The first-order valence-electron chi connectivity index (χ1n) is 13.4. The zero-order chi connectivity index (χ0) is 29.8. The fourth-order valence-electron chi connectivity index (χ4n) is 4.29. The number of benzene rings is 1. The fraction of sp³-hybridized carbons (Fsp3) is 0.519. The molecule has 5 unspecified atom stereocenters. The van der Waals surface area contributed by atoms with E-state index in [1.807, 2.05) is 31.2 Å². The smallest absolute Gasteiger partial charge is 0.326 e. The molecule has 0 bridgehead atoms. The number of carboxylic acids is 1. The van der Waals surface area contributed by atoms with E-state index in [1.165, 1.54) is 0 Å². The molecular formula is C27H41N7O6. The lowest BCUT2D eigenvalue weighted by Crippen LogP contribution is -2.59. The van der Waals surface area contributed by atoms with E-state index in [0.717, 1.165) is 16.5 Å². The van der Waals surface area contributed by atoms with Gasteiger partial charge in [0.15, 0.2) is 0 Å². The molecule has 1 heterocycles. The fourth-order valence-corrected chi connectivity index (χ4v) is 4.29. The summed E-state index contributed by atoms with van der Waals surface area (Å²) in [4.78, 5) is 65.3. The number of rotatable bonds is 17. The van der Waals surface area contributed by atoms with Gasteiger partial charge in [0.25, 0.3) is 0 Å². The van der Waals surface area contributed by atoms with Crippen molar-refractivity contribution >= 4 is 40.5 Å². The maximum absolute atomic E-state index is 13.4.